The Hall–Kier alpha value is -3.28. The van der Waals surface area contributed by atoms with Gasteiger partial charge in [-0.05, 0) is 12.8 Å². The maximum Gasteiger partial charge on any atom is 0.181 e. The number of unbranched alkanes of at least 4 members (excludes halogenated alkanes) is 4. The fourth-order valence-electron chi connectivity index (χ4n) is 3.36. The van der Waals surface area contributed by atoms with Crippen LogP contribution in [-0.2, 0) is 12.8 Å². The lowest BCUT2D eigenvalue weighted by Gasteiger charge is -1.99. The third-order valence-electron chi connectivity index (χ3n) is 4.95. The Bertz CT molecular complexity index is 909. The molecule has 0 aliphatic carbocycles. The van der Waals surface area contributed by atoms with Gasteiger partial charge in [0.15, 0.2) is 11.6 Å². The predicted octanol–water partition coefficient (Wildman–Crippen LogP) is 4.99. The topological polar surface area (TPSA) is 83.1 Å². The van der Waals surface area contributed by atoms with E-state index < -0.39 is 0 Å². The van der Waals surface area contributed by atoms with E-state index in [0.717, 1.165) is 60.1 Å². The number of nitrogens with one attached hydrogen (secondary N) is 2. The number of aromatic amines is 2. The molecule has 4 rings (SSSR count). The summed E-state index contributed by atoms with van der Waals surface area (Å²) in [5.74, 6) is 3.50. The molecule has 0 bridgehead atoms. The summed E-state index contributed by atoms with van der Waals surface area (Å²) < 4.78 is 0. The van der Waals surface area contributed by atoms with Crippen molar-refractivity contribution in [3.8, 4) is 22.8 Å². The predicted molar refractivity (Wildman–Crippen MR) is 114 cm³/mol. The van der Waals surface area contributed by atoms with Crippen molar-refractivity contribution < 1.29 is 0 Å². The van der Waals surface area contributed by atoms with Crippen LogP contribution in [0.5, 0.6) is 0 Å². The van der Waals surface area contributed by atoms with Gasteiger partial charge in [-0.2, -0.15) is 10.2 Å². The average Bonchev–Trinajstić information content (AvgIpc) is 3.44. The first-order valence-electron chi connectivity index (χ1n) is 10.3. The minimum atomic E-state index is 0.780. The Balaban J connectivity index is 1.12. The van der Waals surface area contributed by atoms with Gasteiger partial charge in [0.2, 0.25) is 0 Å². The zero-order valence-corrected chi connectivity index (χ0v) is 16.5. The minimum absolute atomic E-state index is 0.780. The van der Waals surface area contributed by atoms with Crippen LogP contribution in [0.1, 0.15) is 43.8 Å². The molecular formula is C23H26N6. The van der Waals surface area contributed by atoms with E-state index in [4.69, 9.17) is 0 Å². The molecule has 6 nitrogen and oxygen atoms in total. The molecule has 2 aromatic carbocycles. The van der Waals surface area contributed by atoms with Crippen LogP contribution in [0.3, 0.4) is 0 Å². The molecule has 0 atom stereocenters. The summed E-state index contributed by atoms with van der Waals surface area (Å²) in [6.07, 6.45) is 7.78. The third kappa shape index (κ3) is 5.38. The van der Waals surface area contributed by atoms with Crippen molar-refractivity contribution in [1.29, 1.82) is 0 Å². The summed E-state index contributed by atoms with van der Waals surface area (Å²) in [6, 6.07) is 20.2. The average molecular weight is 387 g/mol. The molecule has 6 heteroatoms. The Morgan fingerprint density at radius 3 is 1.38 bits per heavy atom. The monoisotopic (exact) mass is 386 g/mol. The van der Waals surface area contributed by atoms with Gasteiger partial charge in [-0.3, -0.25) is 10.2 Å². The van der Waals surface area contributed by atoms with E-state index in [0.29, 0.717) is 0 Å². The highest BCUT2D eigenvalue weighted by Crippen LogP contribution is 2.16. The van der Waals surface area contributed by atoms with Gasteiger partial charge in [0.05, 0.1) is 0 Å². The Morgan fingerprint density at radius 2 is 0.931 bits per heavy atom. The standard InChI is InChI=1S/C23H26N6/c1(2-10-16-20-24-22(28-26-20)18-12-6-4-7-13-18)3-11-17-21-25-23(29-27-21)19-14-8-5-9-15-19/h4-9,12-15H,1-3,10-11,16-17H2,(H,24,26,28)(H,25,27,29). The van der Waals surface area contributed by atoms with Gasteiger partial charge in [0.1, 0.15) is 11.6 Å². The number of hydrogen-bond donors (Lipinski definition) is 2. The van der Waals surface area contributed by atoms with Crippen molar-refractivity contribution in [1.82, 2.24) is 30.4 Å². The van der Waals surface area contributed by atoms with Gasteiger partial charge in [0.25, 0.3) is 0 Å². The summed E-state index contributed by atoms with van der Waals surface area (Å²) >= 11 is 0. The number of hydrogen-bond acceptors (Lipinski definition) is 4. The lowest BCUT2D eigenvalue weighted by Crippen LogP contribution is -1.91. The third-order valence-corrected chi connectivity index (χ3v) is 4.95. The number of benzene rings is 2. The molecule has 0 unspecified atom stereocenters. The van der Waals surface area contributed by atoms with Crippen molar-refractivity contribution in [3.05, 3.63) is 72.3 Å². The fraction of sp³-hybridized carbons (Fsp3) is 0.304. The molecule has 0 saturated carbocycles. The largest absolute Gasteiger partial charge is 0.263 e. The summed E-state index contributed by atoms with van der Waals surface area (Å²) in [4.78, 5) is 9.19. The summed E-state index contributed by atoms with van der Waals surface area (Å²) in [7, 11) is 0. The Kier molecular flexibility index (Phi) is 6.42. The fourth-order valence-corrected chi connectivity index (χ4v) is 3.36. The molecule has 0 aliphatic heterocycles. The molecule has 0 spiro atoms. The first-order chi connectivity index (χ1) is 14.4. The smallest absolute Gasteiger partial charge is 0.181 e. The number of rotatable bonds is 10. The molecule has 29 heavy (non-hydrogen) atoms. The highest BCUT2D eigenvalue weighted by Gasteiger charge is 2.06. The van der Waals surface area contributed by atoms with E-state index >= 15 is 0 Å². The van der Waals surface area contributed by atoms with Gasteiger partial charge in [-0.1, -0.05) is 79.9 Å². The lowest BCUT2D eigenvalue weighted by molar-refractivity contribution is 0.601. The van der Waals surface area contributed by atoms with Crippen molar-refractivity contribution in [2.45, 2.75) is 44.9 Å². The van der Waals surface area contributed by atoms with Crippen LogP contribution in [0.25, 0.3) is 22.8 Å². The van der Waals surface area contributed by atoms with E-state index in [1.54, 1.807) is 0 Å². The molecule has 0 saturated heterocycles. The Morgan fingerprint density at radius 1 is 0.517 bits per heavy atom. The van der Waals surface area contributed by atoms with E-state index in [1.165, 1.54) is 19.3 Å². The quantitative estimate of drug-likeness (QED) is 0.376. The van der Waals surface area contributed by atoms with E-state index in [9.17, 15) is 0 Å². The lowest BCUT2D eigenvalue weighted by atomic mass is 10.1. The van der Waals surface area contributed by atoms with Gasteiger partial charge in [0, 0.05) is 24.0 Å². The van der Waals surface area contributed by atoms with Gasteiger partial charge < -0.3 is 0 Å². The van der Waals surface area contributed by atoms with E-state index in [1.807, 2.05) is 60.7 Å². The molecule has 0 aliphatic rings. The van der Waals surface area contributed by atoms with Crippen LogP contribution in [0.2, 0.25) is 0 Å². The van der Waals surface area contributed by atoms with Crippen LogP contribution in [0.4, 0.5) is 0 Å². The molecule has 2 aromatic heterocycles. The number of nitrogens with zero attached hydrogens (tertiary/aromatic N) is 4. The molecule has 0 amide bonds. The normalized spacial score (nSPS) is 11.0. The second-order valence-corrected chi connectivity index (χ2v) is 7.21. The summed E-state index contributed by atoms with van der Waals surface area (Å²) in [6.45, 7) is 0. The SMILES string of the molecule is c1ccc(-c2n[nH]c(CCCCCCCc3nc(-c4ccccc4)n[nH]3)n2)cc1. The molecule has 2 heterocycles. The van der Waals surface area contributed by atoms with Crippen LogP contribution >= 0.6 is 0 Å². The first kappa shape index (κ1) is 19.1. The minimum Gasteiger partial charge on any atom is -0.263 e. The second kappa shape index (κ2) is 9.78. The van der Waals surface area contributed by atoms with Crippen LogP contribution in [-0.4, -0.2) is 30.4 Å². The molecule has 0 fully saturated rings. The van der Waals surface area contributed by atoms with Gasteiger partial charge in [-0.25, -0.2) is 9.97 Å². The molecule has 2 N–H and O–H groups in total. The maximum atomic E-state index is 4.60. The summed E-state index contributed by atoms with van der Waals surface area (Å²) in [5.41, 5.74) is 2.11. The highest BCUT2D eigenvalue weighted by molar-refractivity contribution is 5.54. The first-order valence-corrected chi connectivity index (χ1v) is 10.3. The molecule has 148 valence electrons. The number of aromatic nitrogens is 6. The van der Waals surface area contributed by atoms with Crippen molar-refractivity contribution in [2.24, 2.45) is 0 Å². The van der Waals surface area contributed by atoms with Crippen molar-refractivity contribution in [2.75, 3.05) is 0 Å². The number of H-pyrrole nitrogens is 2. The van der Waals surface area contributed by atoms with Gasteiger partial charge >= 0.3 is 0 Å². The molecular weight excluding hydrogens is 360 g/mol. The van der Waals surface area contributed by atoms with E-state index in [-0.39, 0.29) is 0 Å². The second-order valence-electron chi connectivity index (χ2n) is 7.21. The van der Waals surface area contributed by atoms with Crippen LogP contribution in [0.15, 0.2) is 60.7 Å². The highest BCUT2D eigenvalue weighted by atomic mass is 15.2. The van der Waals surface area contributed by atoms with Crippen molar-refractivity contribution >= 4 is 0 Å². The van der Waals surface area contributed by atoms with Crippen LogP contribution in [0, 0.1) is 0 Å². The maximum absolute atomic E-state index is 4.60. The molecule has 4 aromatic rings. The van der Waals surface area contributed by atoms with E-state index in [2.05, 4.69) is 30.4 Å². The van der Waals surface area contributed by atoms with Crippen molar-refractivity contribution in [3.63, 3.8) is 0 Å². The van der Waals surface area contributed by atoms with Gasteiger partial charge in [-0.15, -0.1) is 0 Å². The zero-order chi connectivity index (χ0) is 19.7. The summed E-state index contributed by atoms with van der Waals surface area (Å²) in [5, 5.41) is 14.8. The Labute approximate surface area is 170 Å². The number of aryl methyl sites for hydroxylation is 2. The van der Waals surface area contributed by atoms with Crippen LogP contribution < -0.4 is 0 Å². The zero-order valence-electron chi connectivity index (χ0n) is 16.5. The molecule has 0 radical (unpaired) electrons.